The number of thiazole rings is 1. The molecule has 7 nitrogen and oxygen atoms in total. The van der Waals surface area contributed by atoms with Crippen LogP contribution in [0.1, 0.15) is 30.7 Å². The first-order valence-electron chi connectivity index (χ1n) is 9.01. The quantitative estimate of drug-likeness (QED) is 0.572. The van der Waals surface area contributed by atoms with E-state index in [2.05, 4.69) is 9.97 Å². The van der Waals surface area contributed by atoms with Crippen LogP contribution < -0.4 is 5.56 Å². The molecule has 4 rings (SSSR count). The number of nitrogens with zero attached hydrogens (tertiary/aromatic N) is 4. The van der Waals surface area contributed by atoms with E-state index in [0.717, 1.165) is 25.0 Å². The van der Waals surface area contributed by atoms with Crippen LogP contribution in [0.25, 0.3) is 4.96 Å². The van der Waals surface area contributed by atoms with E-state index in [1.54, 1.807) is 16.5 Å². The summed E-state index contributed by atoms with van der Waals surface area (Å²) >= 11 is 2.86. The molecule has 0 radical (unpaired) electrons. The lowest BCUT2D eigenvalue weighted by molar-refractivity contribution is 0.346. The van der Waals surface area contributed by atoms with Gasteiger partial charge in [-0.3, -0.25) is 9.20 Å². The molecule has 1 aliphatic rings. The van der Waals surface area contributed by atoms with Crippen LogP contribution in [-0.2, 0) is 15.8 Å². The Morgan fingerprint density at radius 3 is 2.71 bits per heavy atom. The summed E-state index contributed by atoms with van der Waals surface area (Å²) < 4.78 is 28.5. The van der Waals surface area contributed by atoms with Crippen LogP contribution in [0, 0.1) is 6.92 Å². The molecular weight excluding hydrogens is 416 g/mol. The Morgan fingerprint density at radius 2 is 2.00 bits per heavy atom. The van der Waals surface area contributed by atoms with Crippen molar-refractivity contribution in [3.8, 4) is 0 Å². The van der Waals surface area contributed by atoms with Crippen molar-refractivity contribution in [1.82, 2.24) is 18.7 Å². The minimum atomic E-state index is -3.47. The predicted octanol–water partition coefficient (Wildman–Crippen LogP) is 2.93. The molecule has 10 heteroatoms. The van der Waals surface area contributed by atoms with E-state index in [0.29, 0.717) is 34.5 Å². The fraction of sp³-hybridized carbons (Fsp3) is 0.389. The molecule has 3 aromatic rings. The Balaban J connectivity index is 1.47. The molecule has 0 unspecified atom stereocenters. The maximum Gasteiger partial charge on any atom is 0.258 e. The lowest BCUT2D eigenvalue weighted by Crippen LogP contribution is -2.35. The molecule has 3 aromatic heterocycles. The highest BCUT2D eigenvalue weighted by molar-refractivity contribution is 7.98. The van der Waals surface area contributed by atoms with Gasteiger partial charge in [-0.1, -0.05) is 6.42 Å². The third-order valence-corrected chi connectivity index (χ3v) is 8.46. The number of fused-ring (bicyclic) bond motifs is 1. The van der Waals surface area contributed by atoms with E-state index < -0.39 is 10.0 Å². The van der Waals surface area contributed by atoms with E-state index in [1.807, 2.05) is 12.3 Å². The Hall–Kier alpha value is -1.75. The molecule has 4 heterocycles. The summed E-state index contributed by atoms with van der Waals surface area (Å²) in [6.07, 6.45) is 4.30. The molecule has 0 aromatic carbocycles. The number of hydrogen-bond donors (Lipinski definition) is 0. The highest BCUT2D eigenvalue weighted by atomic mass is 32.2. The Labute approximate surface area is 171 Å². The van der Waals surface area contributed by atoms with E-state index in [-0.39, 0.29) is 10.5 Å². The summed E-state index contributed by atoms with van der Waals surface area (Å²) in [5, 5.41) is 2.60. The number of thioether (sulfide) groups is 1. The Morgan fingerprint density at radius 1 is 1.21 bits per heavy atom. The van der Waals surface area contributed by atoms with Crippen molar-refractivity contribution < 1.29 is 8.42 Å². The molecule has 1 fully saturated rings. The van der Waals surface area contributed by atoms with Crippen LogP contribution in [0.4, 0.5) is 0 Å². The standard InChI is InChI=1S/C18H20N4O3S3/c1-13-11-27-18-20-14(9-17(23)22(13)18)12-26-16-6-5-15(10-19-16)28(24,25)21-7-3-2-4-8-21/h5-6,9-11H,2-4,7-8,12H2,1H3. The van der Waals surface area contributed by atoms with E-state index >= 15 is 0 Å². The molecule has 0 amide bonds. The van der Waals surface area contributed by atoms with Gasteiger partial charge in [-0.2, -0.15) is 4.31 Å². The highest BCUT2D eigenvalue weighted by Crippen LogP contribution is 2.24. The summed E-state index contributed by atoms with van der Waals surface area (Å²) in [6.45, 7) is 3.03. The predicted molar refractivity (Wildman–Crippen MR) is 110 cm³/mol. The second kappa shape index (κ2) is 7.94. The van der Waals surface area contributed by atoms with Gasteiger partial charge in [0.05, 0.1) is 10.7 Å². The first-order valence-corrected chi connectivity index (χ1v) is 12.3. The highest BCUT2D eigenvalue weighted by Gasteiger charge is 2.26. The second-order valence-corrected chi connectivity index (χ2v) is 10.4. The van der Waals surface area contributed by atoms with E-state index in [4.69, 9.17) is 0 Å². The monoisotopic (exact) mass is 436 g/mol. The number of aromatic nitrogens is 3. The third-order valence-electron chi connectivity index (χ3n) is 4.66. The van der Waals surface area contributed by atoms with Gasteiger partial charge in [0.1, 0.15) is 4.90 Å². The zero-order chi connectivity index (χ0) is 19.7. The van der Waals surface area contributed by atoms with Gasteiger partial charge in [-0.05, 0) is 31.9 Å². The van der Waals surface area contributed by atoms with E-state index in [9.17, 15) is 13.2 Å². The fourth-order valence-electron chi connectivity index (χ4n) is 3.18. The average Bonchev–Trinajstić information content (AvgIpc) is 3.08. The van der Waals surface area contributed by atoms with Crippen molar-refractivity contribution in [3.05, 3.63) is 51.5 Å². The minimum absolute atomic E-state index is 0.0877. The van der Waals surface area contributed by atoms with Gasteiger partial charge < -0.3 is 0 Å². The maximum absolute atomic E-state index is 12.7. The lowest BCUT2D eigenvalue weighted by Gasteiger charge is -2.25. The smallest absolute Gasteiger partial charge is 0.258 e. The maximum atomic E-state index is 12.7. The van der Waals surface area contributed by atoms with Crippen molar-refractivity contribution in [2.75, 3.05) is 13.1 Å². The first-order chi connectivity index (χ1) is 13.4. The Kier molecular flexibility index (Phi) is 5.55. The molecule has 148 valence electrons. The lowest BCUT2D eigenvalue weighted by atomic mass is 10.2. The molecule has 0 N–H and O–H groups in total. The van der Waals surface area contributed by atoms with E-state index in [1.165, 1.54) is 39.7 Å². The Bertz CT molecular complexity index is 1150. The zero-order valence-corrected chi connectivity index (χ0v) is 17.8. The van der Waals surface area contributed by atoms with Crippen molar-refractivity contribution in [2.24, 2.45) is 0 Å². The summed E-state index contributed by atoms with van der Waals surface area (Å²) in [6, 6.07) is 4.85. The minimum Gasteiger partial charge on any atom is -0.269 e. The van der Waals surface area contributed by atoms with Gasteiger partial charge >= 0.3 is 0 Å². The molecule has 0 aliphatic carbocycles. The van der Waals surface area contributed by atoms with Gasteiger partial charge in [-0.25, -0.2) is 18.4 Å². The van der Waals surface area contributed by atoms with Crippen molar-refractivity contribution >= 4 is 38.1 Å². The molecule has 1 saturated heterocycles. The zero-order valence-electron chi connectivity index (χ0n) is 15.4. The summed E-state index contributed by atoms with van der Waals surface area (Å²) in [7, 11) is -3.47. The van der Waals surface area contributed by atoms with Gasteiger partial charge in [0, 0.05) is 42.2 Å². The largest absolute Gasteiger partial charge is 0.269 e. The van der Waals surface area contributed by atoms with Crippen molar-refractivity contribution in [2.45, 2.75) is 41.9 Å². The number of rotatable bonds is 5. The van der Waals surface area contributed by atoms with Gasteiger partial charge in [-0.15, -0.1) is 23.1 Å². The van der Waals surface area contributed by atoms with Crippen LogP contribution in [0.3, 0.4) is 0 Å². The van der Waals surface area contributed by atoms with Crippen molar-refractivity contribution in [1.29, 1.82) is 0 Å². The summed E-state index contributed by atoms with van der Waals surface area (Å²) in [4.78, 5) is 21.9. The number of piperidine rings is 1. The third kappa shape index (κ3) is 3.86. The number of pyridine rings is 1. The van der Waals surface area contributed by atoms with Crippen LogP contribution in [0.15, 0.2) is 44.5 Å². The SMILES string of the molecule is Cc1csc2nc(CSc3ccc(S(=O)(=O)N4CCCCC4)cn3)cc(=O)n12. The summed E-state index contributed by atoms with van der Waals surface area (Å²) in [5.41, 5.74) is 1.47. The van der Waals surface area contributed by atoms with Crippen LogP contribution in [0.2, 0.25) is 0 Å². The molecule has 0 bridgehead atoms. The average molecular weight is 437 g/mol. The fourth-order valence-corrected chi connectivity index (χ4v) is 6.27. The second-order valence-electron chi connectivity index (χ2n) is 6.67. The van der Waals surface area contributed by atoms with Crippen LogP contribution in [0.5, 0.6) is 0 Å². The molecule has 28 heavy (non-hydrogen) atoms. The van der Waals surface area contributed by atoms with Crippen LogP contribution in [-0.4, -0.2) is 40.2 Å². The van der Waals surface area contributed by atoms with Crippen molar-refractivity contribution in [3.63, 3.8) is 0 Å². The molecule has 1 aliphatic heterocycles. The number of sulfonamides is 1. The molecule has 0 atom stereocenters. The van der Waals surface area contributed by atoms with Crippen LogP contribution >= 0.6 is 23.1 Å². The van der Waals surface area contributed by atoms with Gasteiger partial charge in [0.25, 0.3) is 5.56 Å². The molecular formula is C18H20N4O3S3. The number of aryl methyl sites for hydroxylation is 1. The summed E-state index contributed by atoms with van der Waals surface area (Å²) in [5.74, 6) is 0.494. The molecule has 0 saturated carbocycles. The topological polar surface area (TPSA) is 84.6 Å². The van der Waals surface area contributed by atoms with Gasteiger partial charge in [0.15, 0.2) is 4.96 Å². The van der Waals surface area contributed by atoms with Gasteiger partial charge in [0.2, 0.25) is 10.0 Å². The number of hydrogen-bond acceptors (Lipinski definition) is 7. The first kappa shape index (κ1) is 19.6. The molecule has 0 spiro atoms. The normalized spacial score (nSPS) is 15.9.